The number of rotatable bonds is 5. The molecule has 0 saturated heterocycles. The van der Waals surface area contributed by atoms with Gasteiger partial charge in [0.25, 0.3) is 15.9 Å². The highest BCUT2D eigenvalue weighted by Gasteiger charge is 2.28. The summed E-state index contributed by atoms with van der Waals surface area (Å²) >= 11 is 0. The quantitative estimate of drug-likeness (QED) is 0.685. The van der Waals surface area contributed by atoms with Gasteiger partial charge in [-0.25, -0.2) is 18.4 Å². The molecule has 0 atom stereocenters. The number of hydrogen-bond donors (Lipinski definition) is 1. The lowest BCUT2D eigenvalue weighted by Crippen LogP contribution is -2.30. The first-order valence-electron chi connectivity index (χ1n) is 8.81. The van der Waals surface area contributed by atoms with Crippen molar-refractivity contribution in [2.45, 2.75) is 25.7 Å². The average Bonchev–Trinajstić information content (AvgIpc) is 3.02. The first-order chi connectivity index (χ1) is 13.6. The van der Waals surface area contributed by atoms with Gasteiger partial charge in [-0.2, -0.15) is 5.10 Å². The van der Waals surface area contributed by atoms with Crippen molar-refractivity contribution in [3.05, 3.63) is 59.0 Å². The normalized spacial score (nSPS) is 11.3. The molecule has 1 amide bonds. The maximum Gasteiger partial charge on any atom is 0.265 e. The number of carbonyl (C=O) groups excluding carboxylic acids is 1. The Labute approximate surface area is 169 Å². The minimum atomic E-state index is -3.88. The van der Waals surface area contributed by atoms with E-state index in [0.717, 1.165) is 9.87 Å². The molecule has 1 aromatic carbocycles. The standard InChI is InChI=1S/C19H22N6O3S/c1-12-6-8-15(9-7-12)29(27,28)25(5)18-16(11-20-24(18)4)17(26)23-19-21-13(2)10-14(3)22-19/h6-11H,1-5H3,(H,21,22,23,26). The third kappa shape index (κ3) is 4.11. The number of aromatic nitrogens is 4. The van der Waals surface area contributed by atoms with Crippen molar-refractivity contribution in [2.24, 2.45) is 7.05 Å². The van der Waals surface area contributed by atoms with E-state index in [1.807, 2.05) is 6.92 Å². The van der Waals surface area contributed by atoms with Gasteiger partial charge in [0.05, 0.1) is 11.1 Å². The lowest BCUT2D eigenvalue weighted by atomic mass is 10.2. The molecule has 0 aliphatic heterocycles. The molecule has 152 valence electrons. The van der Waals surface area contributed by atoms with E-state index in [4.69, 9.17) is 0 Å². The molecule has 0 radical (unpaired) electrons. The van der Waals surface area contributed by atoms with Crippen LogP contribution >= 0.6 is 0 Å². The molecule has 0 fully saturated rings. The van der Waals surface area contributed by atoms with Crippen LogP contribution in [0.15, 0.2) is 41.4 Å². The lowest BCUT2D eigenvalue weighted by Gasteiger charge is -2.20. The van der Waals surface area contributed by atoms with Crippen LogP contribution in [0.1, 0.15) is 27.3 Å². The summed E-state index contributed by atoms with van der Waals surface area (Å²) in [6.45, 7) is 5.46. The van der Waals surface area contributed by atoms with Crippen LogP contribution in [-0.4, -0.2) is 41.1 Å². The zero-order valence-corrected chi connectivity index (χ0v) is 17.6. The zero-order valence-electron chi connectivity index (χ0n) is 16.8. The van der Waals surface area contributed by atoms with Gasteiger partial charge in [0.1, 0.15) is 5.56 Å². The van der Waals surface area contributed by atoms with E-state index < -0.39 is 15.9 Å². The molecule has 1 N–H and O–H groups in total. The molecule has 0 aliphatic rings. The molecule has 0 saturated carbocycles. The summed E-state index contributed by atoms with van der Waals surface area (Å²) < 4.78 is 28.5. The maximum atomic E-state index is 13.0. The third-order valence-electron chi connectivity index (χ3n) is 4.34. The van der Waals surface area contributed by atoms with Gasteiger partial charge >= 0.3 is 0 Å². The Balaban J connectivity index is 1.96. The van der Waals surface area contributed by atoms with Gasteiger partial charge in [-0.05, 0) is 39.0 Å². The molecular weight excluding hydrogens is 392 g/mol. The van der Waals surface area contributed by atoms with Gasteiger partial charge in [0, 0.05) is 25.5 Å². The van der Waals surface area contributed by atoms with Crippen LogP contribution < -0.4 is 9.62 Å². The van der Waals surface area contributed by atoms with Gasteiger partial charge < -0.3 is 0 Å². The fourth-order valence-electron chi connectivity index (χ4n) is 2.90. The van der Waals surface area contributed by atoms with Crippen LogP contribution in [0.2, 0.25) is 0 Å². The molecule has 3 rings (SSSR count). The van der Waals surface area contributed by atoms with Gasteiger partial charge in [-0.15, -0.1) is 0 Å². The smallest absolute Gasteiger partial charge is 0.265 e. The van der Waals surface area contributed by atoms with E-state index in [9.17, 15) is 13.2 Å². The van der Waals surface area contributed by atoms with Crippen molar-refractivity contribution >= 4 is 27.7 Å². The second-order valence-electron chi connectivity index (χ2n) is 6.72. The van der Waals surface area contributed by atoms with E-state index in [1.54, 1.807) is 39.1 Å². The number of anilines is 2. The monoisotopic (exact) mass is 414 g/mol. The summed E-state index contributed by atoms with van der Waals surface area (Å²) in [4.78, 5) is 21.3. The molecule has 9 nitrogen and oxygen atoms in total. The SMILES string of the molecule is Cc1ccc(S(=O)(=O)N(C)c2c(C(=O)Nc3nc(C)cc(C)n3)cnn2C)cc1. The molecular formula is C19H22N6O3S. The fourth-order valence-corrected chi connectivity index (χ4v) is 4.14. The highest BCUT2D eigenvalue weighted by molar-refractivity contribution is 7.92. The zero-order chi connectivity index (χ0) is 21.3. The number of aryl methyl sites for hydroxylation is 4. The van der Waals surface area contributed by atoms with Crippen molar-refractivity contribution in [1.29, 1.82) is 0 Å². The number of carbonyl (C=O) groups is 1. The van der Waals surface area contributed by atoms with E-state index in [-0.39, 0.29) is 22.2 Å². The van der Waals surface area contributed by atoms with E-state index >= 15 is 0 Å². The van der Waals surface area contributed by atoms with Gasteiger partial charge in [0.2, 0.25) is 5.95 Å². The van der Waals surface area contributed by atoms with Crippen molar-refractivity contribution in [3.63, 3.8) is 0 Å². The second kappa shape index (κ2) is 7.63. The summed E-state index contributed by atoms with van der Waals surface area (Å²) in [7, 11) is -0.927. The first kappa shape index (κ1) is 20.5. The Hall–Kier alpha value is -3.27. The molecule has 29 heavy (non-hydrogen) atoms. The predicted molar refractivity (Wildman–Crippen MR) is 109 cm³/mol. The Morgan fingerprint density at radius 3 is 2.24 bits per heavy atom. The number of amides is 1. The van der Waals surface area contributed by atoms with E-state index in [2.05, 4.69) is 20.4 Å². The highest BCUT2D eigenvalue weighted by atomic mass is 32.2. The van der Waals surface area contributed by atoms with Crippen LogP contribution in [0, 0.1) is 20.8 Å². The number of benzene rings is 1. The van der Waals surface area contributed by atoms with Crippen LogP contribution in [0.25, 0.3) is 0 Å². The molecule has 2 aromatic heterocycles. The summed E-state index contributed by atoms with van der Waals surface area (Å²) in [6, 6.07) is 8.28. The highest BCUT2D eigenvalue weighted by Crippen LogP contribution is 2.26. The fraction of sp³-hybridized carbons (Fsp3) is 0.263. The topological polar surface area (TPSA) is 110 Å². The predicted octanol–water partition coefficient (Wildman–Crippen LogP) is 2.21. The van der Waals surface area contributed by atoms with Crippen LogP contribution in [0.3, 0.4) is 0 Å². The Bertz CT molecular complexity index is 1150. The van der Waals surface area contributed by atoms with Gasteiger partial charge in [0.15, 0.2) is 5.82 Å². The van der Waals surface area contributed by atoms with Crippen molar-refractivity contribution in [2.75, 3.05) is 16.7 Å². The summed E-state index contributed by atoms with van der Waals surface area (Å²) in [5, 5.41) is 6.68. The van der Waals surface area contributed by atoms with Gasteiger partial charge in [-0.1, -0.05) is 17.7 Å². The first-order valence-corrected chi connectivity index (χ1v) is 10.2. The van der Waals surface area contributed by atoms with Crippen LogP contribution in [-0.2, 0) is 17.1 Å². The van der Waals surface area contributed by atoms with Gasteiger partial charge in [-0.3, -0.25) is 19.1 Å². The molecule has 10 heteroatoms. The Kier molecular flexibility index (Phi) is 5.38. The number of sulfonamides is 1. The minimum Gasteiger partial charge on any atom is -0.290 e. The van der Waals surface area contributed by atoms with Crippen molar-refractivity contribution < 1.29 is 13.2 Å². The molecule has 0 spiro atoms. The second-order valence-corrected chi connectivity index (χ2v) is 8.69. The lowest BCUT2D eigenvalue weighted by molar-refractivity contribution is 0.102. The van der Waals surface area contributed by atoms with Crippen molar-refractivity contribution in [1.82, 2.24) is 19.7 Å². The minimum absolute atomic E-state index is 0.0912. The summed E-state index contributed by atoms with van der Waals surface area (Å²) in [5.74, 6) is -0.275. The Morgan fingerprint density at radius 2 is 1.66 bits per heavy atom. The summed E-state index contributed by atoms with van der Waals surface area (Å²) in [5.41, 5.74) is 2.45. The number of nitrogens with one attached hydrogen (secondary N) is 1. The maximum absolute atomic E-state index is 13.0. The molecule has 0 bridgehead atoms. The third-order valence-corrected chi connectivity index (χ3v) is 6.10. The van der Waals surface area contributed by atoms with Crippen LogP contribution in [0.5, 0.6) is 0 Å². The average molecular weight is 414 g/mol. The molecule has 0 aliphatic carbocycles. The molecule has 3 aromatic rings. The van der Waals surface area contributed by atoms with E-state index in [1.165, 1.54) is 30.1 Å². The largest absolute Gasteiger partial charge is 0.290 e. The van der Waals surface area contributed by atoms with Crippen molar-refractivity contribution in [3.8, 4) is 0 Å². The molecule has 0 unspecified atom stereocenters. The molecule has 2 heterocycles. The van der Waals surface area contributed by atoms with Crippen LogP contribution in [0.4, 0.5) is 11.8 Å². The summed E-state index contributed by atoms with van der Waals surface area (Å²) in [6.07, 6.45) is 1.31. The van der Waals surface area contributed by atoms with E-state index in [0.29, 0.717) is 11.4 Å². The number of nitrogens with zero attached hydrogens (tertiary/aromatic N) is 5. The number of hydrogen-bond acceptors (Lipinski definition) is 6. The Morgan fingerprint density at radius 1 is 1.07 bits per heavy atom.